The van der Waals surface area contributed by atoms with Gasteiger partial charge in [-0.05, 0) is 57.5 Å². The molecule has 0 saturated carbocycles. The summed E-state index contributed by atoms with van der Waals surface area (Å²) in [5.74, 6) is -0.0802. The number of sulfonamides is 1. The van der Waals surface area contributed by atoms with E-state index in [4.69, 9.17) is 0 Å². The van der Waals surface area contributed by atoms with Gasteiger partial charge in [-0.25, -0.2) is 13.1 Å². The van der Waals surface area contributed by atoms with Crippen LogP contribution in [0.4, 0.5) is 5.69 Å². The fraction of sp³-hybridized carbons (Fsp3) is 0.500. The summed E-state index contributed by atoms with van der Waals surface area (Å²) in [4.78, 5) is 12.1. The van der Waals surface area contributed by atoms with Crippen molar-refractivity contribution < 1.29 is 13.2 Å². The van der Waals surface area contributed by atoms with Crippen LogP contribution in [-0.4, -0.2) is 33.0 Å². The first kappa shape index (κ1) is 15.9. The average molecular weight is 311 g/mol. The standard InChI is InChI=1S/C14H21N3O3S/c1-10(2)17-21(19,20)12-7-5-11(6-8-12)16-14(18)13-4-3-9-15-13/h5-8,10,13,15,17H,3-4,9H2,1-2H3,(H,16,18). The van der Waals surface area contributed by atoms with E-state index in [9.17, 15) is 13.2 Å². The van der Waals surface area contributed by atoms with Crippen molar-refractivity contribution >= 4 is 21.6 Å². The summed E-state index contributed by atoms with van der Waals surface area (Å²) in [7, 11) is -3.50. The summed E-state index contributed by atoms with van der Waals surface area (Å²) in [6.45, 7) is 4.39. The topological polar surface area (TPSA) is 87.3 Å². The molecule has 1 saturated heterocycles. The zero-order valence-corrected chi connectivity index (χ0v) is 13.0. The molecule has 1 aliphatic heterocycles. The number of nitrogens with one attached hydrogen (secondary N) is 3. The summed E-state index contributed by atoms with van der Waals surface area (Å²) >= 11 is 0. The van der Waals surface area contributed by atoms with Crippen molar-refractivity contribution in [2.75, 3.05) is 11.9 Å². The van der Waals surface area contributed by atoms with E-state index in [1.54, 1.807) is 26.0 Å². The zero-order valence-electron chi connectivity index (χ0n) is 12.2. The highest BCUT2D eigenvalue weighted by Crippen LogP contribution is 2.15. The van der Waals surface area contributed by atoms with E-state index in [0.29, 0.717) is 5.69 Å². The van der Waals surface area contributed by atoms with Crippen molar-refractivity contribution in [2.24, 2.45) is 0 Å². The Morgan fingerprint density at radius 1 is 1.29 bits per heavy atom. The van der Waals surface area contributed by atoms with Gasteiger partial charge in [-0.2, -0.15) is 0 Å². The van der Waals surface area contributed by atoms with Crippen LogP contribution >= 0.6 is 0 Å². The largest absolute Gasteiger partial charge is 0.325 e. The van der Waals surface area contributed by atoms with Crippen molar-refractivity contribution in [3.05, 3.63) is 24.3 Å². The van der Waals surface area contributed by atoms with Crippen molar-refractivity contribution in [3.8, 4) is 0 Å². The molecule has 116 valence electrons. The van der Waals surface area contributed by atoms with Gasteiger partial charge >= 0.3 is 0 Å². The van der Waals surface area contributed by atoms with Gasteiger partial charge < -0.3 is 10.6 Å². The molecule has 1 amide bonds. The molecule has 1 aromatic carbocycles. The Balaban J connectivity index is 2.03. The zero-order chi connectivity index (χ0) is 15.5. The van der Waals surface area contributed by atoms with E-state index >= 15 is 0 Å². The molecule has 1 aromatic rings. The van der Waals surface area contributed by atoms with Crippen molar-refractivity contribution in [1.82, 2.24) is 10.0 Å². The summed E-state index contributed by atoms with van der Waals surface area (Å²) in [5, 5.41) is 5.90. The van der Waals surface area contributed by atoms with Crippen LogP contribution < -0.4 is 15.4 Å². The van der Waals surface area contributed by atoms with Crippen LogP contribution in [0.15, 0.2) is 29.2 Å². The maximum absolute atomic E-state index is 12.0. The lowest BCUT2D eigenvalue weighted by Crippen LogP contribution is -2.35. The van der Waals surface area contributed by atoms with Crippen molar-refractivity contribution in [3.63, 3.8) is 0 Å². The van der Waals surface area contributed by atoms with Crippen molar-refractivity contribution in [1.29, 1.82) is 0 Å². The minimum absolute atomic E-state index is 0.0802. The third-order valence-electron chi connectivity index (χ3n) is 3.20. The number of carbonyl (C=O) groups is 1. The van der Waals surface area contributed by atoms with Gasteiger partial charge in [-0.3, -0.25) is 4.79 Å². The molecule has 7 heteroatoms. The quantitative estimate of drug-likeness (QED) is 0.759. The first-order chi connectivity index (χ1) is 9.88. The first-order valence-corrected chi connectivity index (χ1v) is 8.53. The van der Waals surface area contributed by atoms with E-state index < -0.39 is 10.0 Å². The smallest absolute Gasteiger partial charge is 0.241 e. The predicted octanol–water partition coefficient (Wildman–Crippen LogP) is 1.06. The number of amides is 1. The lowest BCUT2D eigenvalue weighted by molar-refractivity contribution is -0.117. The number of hydrogen-bond donors (Lipinski definition) is 3. The number of benzene rings is 1. The number of hydrogen-bond acceptors (Lipinski definition) is 4. The Hall–Kier alpha value is -1.44. The molecule has 1 atom stereocenters. The van der Waals surface area contributed by atoms with Crippen LogP contribution in [0.3, 0.4) is 0 Å². The van der Waals surface area contributed by atoms with E-state index in [1.165, 1.54) is 12.1 Å². The second-order valence-corrected chi connectivity index (χ2v) is 7.15. The molecule has 6 nitrogen and oxygen atoms in total. The highest BCUT2D eigenvalue weighted by molar-refractivity contribution is 7.89. The Bertz CT molecular complexity index is 590. The van der Waals surface area contributed by atoms with E-state index in [2.05, 4.69) is 15.4 Å². The molecule has 1 unspecified atom stereocenters. The van der Waals surface area contributed by atoms with Crippen LogP contribution in [0.25, 0.3) is 0 Å². The van der Waals surface area contributed by atoms with Crippen LogP contribution in [0.2, 0.25) is 0 Å². The van der Waals surface area contributed by atoms with E-state index in [-0.39, 0.29) is 22.9 Å². The van der Waals surface area contributed by atoms with Crippen LogP contribution in [0.1, 0.15) is 26.7 Å². The molecule has 0 radical (unpaired) electrons. The minimum atomic E-state index is -3.50. The number of rotatable bonds is 5. The van der Waals surface area contributed by atoms with Crippen molar-refractivity contribution in [2.45, 2.75) is 43.7 Å². The highest BCUT2D eigenvalue weighted by atomic mass is 32.2. The third kappa shape index (κ3) is 4.26. The van der Waals surface area contributed by atoms with Crippen LogP contribution in [0.5, 0.6) is 0 Å². The summed E-state index contributed by atoms with van der Waals surface area (Å²) in [5.41, 5.74) is 0.595. The average Bonchev–Trinajstić information content (AvgIpc) is 2.91. The van der Waals surface area contributed by atoms with Gasteiger partial charge in [-0.15, -0.1) is 0 Å². The highest BCUT2D eigenvalue weighted by Gasteiger charge is 2.22. The van der Waals surface area contributed by atoms with Gasteiger partial charge in [0.1, 0.15) is 0 Å². The number of anilines is 1. The monoisotopic (exact) mass is 311 g/mol. The molecule has 0 spiro atoms. The third-order valence-corrected chi connectivity index (χ3v) is 4.87. The molecular weight excluding hydrogens is 290 g/mol. The first-order valence-electron chi connectivity index (χ1n) is 7.05. The maximum Gasteiger partial charge on any atom is 0.241 e. The SMILES string of the molecule is CC(C)NS(=O)(=O)c1ccc(NC(=O)C2CCCN2)cc1. The fourth-order valence-corrected chi connectivity index (χ4v) is 3.48. The Labute approximate surface area is 125 Å². The predicted molar refractivity (Wildman–Crippen MR) is 81.6 cm³/mol. The summed E-state index contributed by atoms with van der Waals surface area (Å²) < 4.78 is 26.5. The van der Waals surface area contributed by atoms with Gasteiger partial charge in [0.15, 0.2) is 0 Å². The van der Waals surface area contributed by atoms with Crippen LogP contribution in [0, 0.1) is 0 Å². The molecule has 0 aliphatic carbocycles. The maximum atomic E-state index is 12.0. The fourth-order valence-electron chi connectivity index (χ4n) is 2.23. The number of carbonyl (C=O) groups excluding carboxylic acids is 1. The lowest BCUT2D eigenvalue weighted by atomic mass is 10.2. The van der Waals surface area contributed by atoms with Crippen LogP contribution in [-0.2, 0) is 14.8 Å². The molecule has 21 heavy (non-hydrogen) atoms. The Morgan fingerprint density at radius 3 is 2.48 bits per heavy atom. The Morgan fingerprint density at radius 2 is 1.95 bits per heavy atom. The molecule has 1 heterocycles. The lowest BCUT2D eigenvalue weighted by Gasteiger charge is -2.12. The van der Waals surface area contributed by atoms with Gasteiger partial charge in [0, 0.05) is 11.7 Å². The molecule has 0 aromatic heterocycles. The Kier molecular flexibility index (Phi) is 4.97. The molecule has 2 rings (SSSR count). The molecule has 3 N–H and O–H groups in total. The molecule has 1 aliphatic rings. The second-order valence-electron chi connectivity index (χ2n) is 5.44. The second kappa shape index (κ2) is 6.55. The molecule has 0 bridgehead atoms. The van der Waals surface area contributed by atoms with Gasteiger partial charge in [-0.1, -0.05) is 0 Å². The van der Waals surface area contributed by atoms with Gasteiger partial charge in [0.25, 0.3) is 0 Å². The van der Waals surface area contributed by atoms with Gasteiger partial charge in [0.2, 0.25) is 15.9 Å². The van der Waals surface area contributed by atoms with E-state index in [0.717, 1.165) is 19.4 Å². The summed E-state index contributed by atoms with van der Waals surface area (Å²) in [6, 6.07) is 5.85. The van der Waals surface area contributed by atoms with E-state index in [1.807, 2.05) is 0 Å². The molecule has 1 fully saturated rings. The van der Waals surface area contributed by atoms with Gasteiger partial charge in [0.05, 0.1) is 10.9 Å². The summed E-state index contributed by atoms with van der Waals surface area (Å²) in [6.07, 6.45) is 1.83. The molecular formula is C14H21N3O3S. The minimum Gasteiger partial charge on any atom is -0.325 e. The normalized spacial score (nSPS) is 18.9.